The summed E-state index contributed by atoms with van der Waals surface area (Å²) >= 11 is 0. The van der Waals surface area contributed by atoms with Crippen LogP contribution in [0.4, 0.5) is 0 Å². The van der Waals surface area contributed by atoms with E-state index < -0.39 is 0 Å². The van der Waals surface area contributed by atoms with Crippen LogP contribution < -0.4 is 10.6 Å². The zero-order valence-corrected chi connectivity index (χ0v) is 17.0. The van der Waals surface area contributed by atoms with Crippen molar-refractivity contribution in [1.82, 2.24) is 20.5 Å². The largest absolute Gasteiger partial charge is 0.356 e. The van der Waals surface area contributed by atoms with Crippen molar-refractivity contribution in [1.29, 1.82) is 0 Å². The Labute approximate surface area is 176 Å². The van der Waals surface area contributed by atoms with Crippen LogP contribution in [0.1, 0.15) is 41.6 Å². The van der Waals surface area contributed by atoms with Gasteiger partial charge < -0.3 is 15.5 Å². The fourth-order valence-corrected chi connectivity index (χ4v) is 3.56. The summed E-state index contributed by atoms with van der Waals surface area (Å²) in [4.78, 5) is 43.4. The lowest BCUT2D eigenvalue weighted by atomic mass is 9.98. The van der Waals surface area contributed by atoms with Crippen LogP contribution in [0.25, 0.3) is 0 Å². The van der Waals surface area contributed by atoms with Crippen LogP contribution in [0.5, 0.6) is 0 Å². The molecule has 1 saturated heterocycles. The molecule has 158 valence electrons. The van der Waals surface area contributed by atoms with Crippen molar-refractivity contribution in [2.24, 2.45) is 5.92 Å². The minimum Gasteiger partial charge on any atom is -0.356 e. The van der Waals surface area contributed by atoms with Gasteiger partial charge in [-0.1, -0.05) is 30.3 Å². The quantitative estimate of drug-likeness (QED) is 0.811. The summed E-state index contributed by atoms with van der Waals surface area (Å²) in [5.41, 5.74) is 1.55. The number of benzene rings is 1. The van der Waals surface area contributed by atoms with Crippen LogP contribution in [0.3, 0.4) is 0 Å². The molecule has 1 unspecified atom stereocenters. The molecule has 1 atom stereocenters. The number of carbonyl (C=O) groups is 3. The molecule has 0 aliphatic carbocycles. The zero-order chi connectivity index (χ0) is 21.2. The van der Waals surface area contributed by atoms with Gasteiger partial charge in [0.2, 0.25) is 11.8 Å². The van der Waals surface area contributed by atoms with Gasteiger partial charge in [-0.05, 0) is 37.0 Å². The summed E-state index contributed by atoms with van der Waals surface area (Å²) < 4.78 is 0. The highest BCUT2D eigenvalue weighted by atomic mass is 16.2. The van der Waals surface area contributed by atoms with E-state index in [9.17, 15) is 14.4 Å². The first-order valence-electron chi connectivity index (χ1n) is 10.4. The third-order valence-electron chi connectivity index (χ3n) is 5.28. The number of pyridine rings is 1. The molecule has 3 rings (SSSR count). The number of hydrogen-bond acceptors (Lipinski definition) is 4. The minimum atomic E-state index is -0.206. The molecule has 2 heterocycles. The van der Waals surface area contributed by atoms with E-state index in [0.29, 0.717) is 51.0 Å². The molecular weight excluding hydrogens is 380 g/mol. The van der Waals surface area contributed by atoms with Crippen molar-refractivity contribution in [3.63, 3.8) is 0 Å². The lowest BCUT2D eigenvalue weighted by Crippen LogP contribution is -2.35. The van der Waals surface area contributed by atoms with E-state index in [1.807, 2.05) is 30.3 Å². The number of hydrogen-bond donors (Lipinski definition) is 2. The molecular formula is C23H28N4O3. The summed E-state index contributed by atoms with van der Waals surface area (Å²) in [6.07, 6.45) is 5.35. The van der Waals surface area contributed by atoms with E-state index in [0.717, 1.165) is 5.56 Å². The second-order valence-electron chi connectivity index (χ2n) is 7.47. The van der Waals surface area contributed by atoms with Gasteiger partial charge in [0.15, 0.2) is 0 Å². The van der Waals surface area contributed by atoms with Crippen molar-refractivity contribution < 1.29 is 14.4 Å². The van der Waals surface area contributed by atoms with E-state index in [1.54, 1.807) is 23.2 Å². The fourth-order valence-electron chi connectivity index (χ4n) is 3.56. The molecule has 0 spiro atoms. The smallest absolute Gasteiger partial charge is 0.255 e. The third-order valence-corrected chi connectivity index (χ3v) is 5.28. The van der Waals surface area contributed by atoms with E-state index in [4.69, 9.17) is 0 Å². The molecule has 0 saturated carbocycles. The van der Waals surface area contributed by atoms with Gasteiger partial charge in [0.05, 0.1) is 5.56 Å². The maximum absolute atomic E-state index is 12.8. The SMILES string of the molecule is O=C1CCN(C(=O)c2cccnc2)CCCC(C(=O)NCc2ccccc2)CCN1. The fraction of sp³-hybridized carbons (Fsp3) is 0.391. The third kappa shape index (κ3) is 6.40. The first kappa shape index (κ1) is 21.5. The lowest BCUT2D eigenvalue weighted by molar-refractivity contribution is -0.126. The van der Waals surface area contributed by atoms with Crippen molar-refractivity contribution in [2.45, 2.75) is 32.2 Å². The molecule has 7 heteroatoms. The van der Waals surface area contributed by atoms with E-state index in [2.05, 4.69) is 15.6 Å². The maximum atomic E-state index is 12.8. The Bertz CT molecular complexity index is 842. The topological polar surface area (TPSA) is 91.4 Å². The zero-order valence-electron chi connectivity index (χ0n) is 17.0. The number of amides is 3. The highest BCUT2D eigenvalue weighted by molar-refractivity contribution is 5.94. The van der Waals surface area contributed by atoms with Crippen molar-refractivity contribution in [2.75, 3.05) is 19.6 Å². The maximum Gasteiger partial charge on any atom is 0.255 e. The highest BCUT2D eigenvalue weighted by Crippen LogP contribution is 2.15. The van der Waals surface area contributed by atoms with Gasteiger partial charge in [-0.3, -0.25) is 19.4 Å². The molecule has 2 N–H and O–H groups in total. The molecule has 1 fully saturated rings. The van der Waals surface area contributed by atoms with Crippen molar-refractivity contribution in [3.05, 3.63) is 66.0 Å². The van der Waals surface area contributed by atoms with Crippen molar-refractivity contribution >= 4 is 17.7 Å². The average molecular weight is 409 g/mol. The molecule has 7 nitrogen and oxygen atoms in total. The number of rotatable bonds is 4. The number of nitrogens with one attached hydrogen (secondary N) is 2. The second kappa shape index (κ2) is 11.1. The first-order valence-corrected chi connectivity index (χ1v) is 10.4. The number of aromatic nitrogens is 1. The Morgan fingerprint density at radius 1 is 1.10 bits per heavy atom. The molecule has 1 aromatic heterocycles. The van der Waals surface area contributed by atoms with Gasteiger partial charge in [0.1, 0.15) is 0 Å². The standard InChI is InChI=1S/C23H28N4O3/c28-21-11-15-27(23(30)20-8-4-12-24-17-20)14-5-9-19(10-13-25-21)22(29)26-16-18-6-2-1-3-7-18/h1-4,6-8,12,17,19H,5,9-11,13-16H2,(H,25,28)(H,26,29). The second-order valence-corrected chi connectivity index (χ2v) is 7.47. The van der Waals surface area contributed by atoms with Gasteiger partial charge in [0.25, 0.3) is 5.91 Å². The van der Waals surface area contributed by atoms with Gasteiger partial charge in [0, 0.05) is 50.9 Å². The summed E-state index contributed by atoms with van der Waals surface area (Å²) in [7, 11) is 0. The molecule has 1 aliphatic rings. The first-order chi connectivity index (χ1) is 14.6. The molecule has 30 heavy (non-hydrogen) atoms. The van der Waals surface area contributed by atoms with E-state index >= 15 is 0 Å². The molecule has 1 aromatic carbocycles. The van der Waals surface area contributed by atoms with Crippen LogP contribution in [0, 0.1) is 5.92 Å². The Hall–Kier alpha value is -3.22. The van der Waals surface area contributed by atoms with Crippen LogP contribution in [0.15, 0.2) is 54.9 Å². The molecule has 0 radical (unpaired) electrons. The Kier molecular flexibility index (Phi) is 7.94. The average Bonchev–Trinajstić information content (AvgIpc) is 2.83. The molecule has 1 aliphatic heterocycles. The predicted octanol–water partition coefficient (Wildman–Crippen LogP) is 2.15. The predicted molar refractivity (Wildman–Crippen MR) is 113 cm³/mol. The lowest BCUT2D eigenvalue weighted by Gasteiger charge is -2.23. The number of nitrogens with zero attached hydrogens (tertiary/aromatic N) is 2. The normalized spacial score (nSPS) is 18.1. The minimum absolute atomic E-state index is 0.0162. The van der Waals surface area contributed by atoms with Gasteiger partial charge in [-0.25, -0.2) is 0 Å². The van der Waals surface area contributed by atoms with Crippen LogP contribution in [0.2, 0.25) is 0 Å². The monoisotopic (exact) mass is 408 g/mol. The van der Waals surface area contributed by atoms with Gasteiger partial charge in [-0.2, -0.15) is 0 Å². The summed E-state index contributed by atoms with van der Waals surface area (Å²) in [6.45, 7) is 1.79. The highest BCUT2D eigenvalue weighted by Gasteiger charge is 2.22. The van der Waals surface area contributed by atoms with Gasteiger partial charge in [-0.15, -0.1) is 0 Å². The summed E-state index contributed by atoms with van der Waals surface area (Å²) in [6, 6.07) is 13.2. The summed E-state index contributed by atoms with van der Waals surface area (Å²) in [5.74, 6) is -0.468. The van der Waals surface area contributed by atoms with E-state index in [1.165, 1.54) is 6.20 Å². The van der Waals surface area contributed by atoms with Crippen LogP contribution in [-0.2, 0) is 16.1 Å². The van der Waals surface area contributed by atoms with E-state index in [-0.39, 0.29) is 30.1 Å². The summed E-state index contributed by atoms with van der Waals surface area (Å²) in [5, 5.41) is 5.87. The van der Waals surface area contributed by atoms with Crippen LogP contribution in [-0.4, -0.2) is 47.2 Å². The van der Waals surface area contributed by atoms with Crippen LogP contribution >= 0.6 is 0 Å². The van der Waals surface area contributed by atoms with Gasteiger partial charge >= 0.3 is 0 Å². The van der Waals surface area contributed by atoms with Crippen molar-refractivity contribution in [3.8, 4) is 0 Å². The Morgan fingerprint density at radius 2 is 1.93 bits per heavy atom. The number of carbonyl (C=O) groups excluding carboxylic acids is 3. The Balaban J connectivity index is 1.61. The molecule has 2 aromatic rings. The molecule has 3 amide bonds. The molecule has 0 bridgehead atoms. The Morgan fingerprint density at radius 3 is 2.70 bits per heavy atom.